The summed E-state index contributed by atoms with van der Waals surface area (Å²) in [4.78, 5) is 12.5. The molecule has 1 nitrogen and oxygen atoms in total. The largest absolute Gasteiger partial charge is 0.289 e. The van der Waals surface area contributed by atoms with E-state index >= 15 is 0 Å². The molecule has 110 valence electrons. The van der Waals surface area contributed by atoms with Gasteiger partial charge in [0.15, 0.2) is 5.78 Å². The number of rotatable bonds is 2. The normalized spacial score (nSPS) is 15.0. The molecule has 0 fully saturated rings. The van der Waals surface area contributed by atoms with E-state index in [-0.39, 0.29) is 5.78 Å². The molecule has 0 unspecified atom stereocenters. The van der Waals surface area contributed by atoms with Gasteiger partial charge in [0, 0.05) is 17.6 Å². The predicted molar refractivity (Wildman–Crippen MR) is 94.3 cm³/mol. The maximum Gasteiger partial charge on any atom is 0.189 e. The van der Waals surface area contributed by atoms with Crippen LogP contribution in [0.3, 0.4) is 0 Å². The summed E-state index contributed by atoms with van der Waals surface area (Å²) in [7, 11) is 0. The van der Waals surface area contributed by atoms with E-state index in [9.17, 15) is 4.79 Å². The Labute approximate surface area is 135 Å². The second-order valence-electron chi connectivity index (χ2n) is 5.82. The minimum absolute atomic E-state index is 0.158. The zero-order valence-electron chi connectivity index (χ0n) is 12.7. The topological polar surface area (TPSA) is 17.1 Å². The summed E-state index contributed by atoms with van der Waals surface area (Å²) in [6.45, 7) is 0. The van der Waals surface area contributed by atoms with Crippen LogP contribution in [0.1, 0.15) is 21.5 Å². The number of Topliss-reactive ketones (excluding diaryl/α,β-unsaturated/α-hetero) is 1. The second-order valence-corrected chi connectivity index (χ2v) is 5.82. The van der Waals surface area contributed by atoms with Gasteiger partial charge in [-0.3, -0.25) is 4.79 Å². The molecule has 0 atom stereocenters. The van der Waals surface area contributed by atoms with Gasteiger partial charge in [0.05, 0.1) is 0 Å². The van der Waals surface area contributed by atoms with E-state index in [2.05, 4.69) is 30.3 Å². The highest BCUT2D eigenvalue weighted by Crippen LogP contribution is 2.28. The highest BCUT2D eigenvalue weighted by atomic mass is 16.1. The molecular formula is C22H16O. The average Bonchev–Trinajstić information content (AvgIpc) is 2.92. The molecule has 3 aromatic carbocycles. The van der Waals surface area contributed by atoms with Gasteiger partial charge < -0.3 is 0 Å². The number of fused-ring (bicyclic) bond motifs is 1. The van der Waals surface area contributed by atoms with Crippen molar-refractivity contribution < 1.29 is 4.79 Å². The van der Waals surface area contributed by atoms with Crippen molar-refractivity contribution in [3.8, 4) is 11.1 Å². The Balaban J connectivity index is 1.69. The first kappa shape index (κ1) is 13.7. The fourth-order valence-corrected chi connectivity index (χ4v) is 3.11. The molecule has 0 N–H and O–H groups in total. The number of hydrogen-bond acceptors (Lipinski definition) is 1. The van der Waals surface area contributed by atoms with Crippen molar-refractivity contribution in [2.24, 2.45) is 0 Å². The fourth-order valence-electron chi connectivity index (χ4n) is 3.11. The Morgan fingerprint density at radius 3 is 2.30 bits per heavy atom. The van der Waals surface area contributed by atoms with Crippen LogP contribution in [0.4, 0.5) is 0 Å². The zero-order valence-corrected chi connectivity index (χ0v) is 12.7. The van der Waals surface area contributed by atoms with E-state index in [0.29, 0.717) is 0 Å². The standard InChI is InChI=1S/C22H16O/c23-22-20(15-19-10-4-5-12-21(19)22)14-16-7-6-11-18(13-16)17-8-2-1-3-9-17/h1-14H,15H2/b20-14+. The number of benzene rings is 3. The Hall–Kier alpha value is -2.93. The third-order valence-corrected chi connectivity index (χ3v) is 4.27. The van der Waals surface area contributed by atoms with Crippen molar-refractivity contribution in [3.05, 3.63) is 101 Å². The molecule has 1 aliphatic carbocycles. The highest BCUT2D eigenvalue weighted by Gasteiger charge is 2.23. The van der Waals surface area contributed by atoms with Gasteiger partial charge in [-0.25, -0.2) is 0 Å². The summed E-state index contributed by atoms with van der Waals surface area (Å²) in [5.41, 5.74) is 6.27. The van der Waals surface area contributed by atoms with Crippen molar-refractivity contribution in [1.29, 1.82) is 0 Å². The first-order valence-corrected chi connectivity index (χ1v) is 7.80. The SMILES string of the molecule is O=C1/C(=C/c2cccc(-c3ccccc3)c2)Cc2ccccc21. The van der Waals surface area contributed by atoms with Crippen molar-refractivity contribution in [1.82, 2.24) is 0 Å². The minimum Gasteiger partial charge on any atom is -0.289 e. The quantitative estimate of drug-likeness (QED) is 0.596. The summed E-state index contributed by atoms with van der Waals surface area (Å²) in [6, 6.07) is 26.5. The summed E-state index contributed by atoms with van der Waals surface area (Å²) in [6.07, 6.45) is 2.75. The number of carbonyl (C=O) groups is 1. The molecule has 0 radical (unpaired) electrons. The smallest absolute Gasteiger partial charge is 0.189 e. The maximum atomic E-state index is 12.5. The highest BCUT2D eigenvalue weighted by molar-refractivity contribution is 6.15. The molecule has 0 saturated carbocycles. The molecule has 3 aromatic rings. The lowest BCUT2D eigenvalue weighted by atomic mass is 10.0. The van der Waals surface area contributed by atoms with Crippen molar-refractivity contribution >= 4 is 11.9 Å². The van der Waals surface area contributed by atoms with Crippen LogP contribution in [-0.2, 0) is 6.42 Å². The van der Waals surface area contributed by atoms with Crippen LogP contribution in [0.5, 0.6) is 0 Å². The summed E-state index contributed by atoms with van der Waals surface area (Å²) < 4.78 is 0. The van der Waals surface area contributed by atoms with E-state index in [1.807, 2.05) is 54.6 Å². The third-order valence-electron chi connectivity index (χ3n) is 4.27. The van der Waals surface area contributed by atoms with Crippen LogP contribution in [-0.4, -0.2) is 5.78 Å². The molecule has 0 amide bonds. The van der Waals surface area contributed by atoms with Crippen molar-refractivity contribution in [3.63, 3.8) is 0 Å². The van der Waals surface area contributed by atoms with Gasteiger partial charge in [0.25, 0.3) is 0 Å². The molecule has 0 aromatic heterocycles. The first-order valence-electron chi connectivity index (χ1n) is 7.80. The second kappa shape index (κ2) is 5.69. The van der Waals surface area contributed by atoms with Crippen LogP contribution in [0.2, 0.25) is 0 Å². The monoisotopic (exact) mass is 296 g/mol. The molecule has 0 saturated heterocycles. The molecule has 23 heavy (non-hydrogen) atoms. The number of ketones is 1. The Morgan fingerprint density at radius 2 is 1.48 bits per heavy atom. The van der Waals surface area contributed by atoms with Crippen molar-refractivity contribution in [2.75, 3.05) is 0 Å². The fraction of sp³-hybridized carbons (Fsp3) is 0.0455. The van der Waals surface area contributed by atoms with Crippen molar-refractivity contribution in [2.45, 2.75) is 6.42 Å². The van der Waals surface area contributed by atoms with E-state index in [1.165, 1.54) is 11.1 Å². The van der Waals surface area contributed by atoms with Crippen LogP contribution in [0.15, 0.2) is 84.4 Å². The van der Waals surface area contributed by atoms with Crippen LogP contribution >= 0.6 is 0 Å². The molecule has 0 aliphatic heterocycles. The summed E-state index contributed by atoms with van der Waals surface area (Å²) in [5.74, 6) is 0.158. The van der Waals surface area contributed by atoms with Gasteiger partial charge in [-0.15, -0.1) is 0 Å². The lowest BCUT2D eigenvalue weighted by molar-refractivity contribution is 0.104. The van der Waals surface area contributed by atoms with Gasteiger partial charge in [0.2, 0.25) is 0 Å². The number of allylic oxidation sites excluding steroid dienone is 1. The van der Waals surface area contributed by atoms with E-state index < -0.39 is 0 Å². The van der Waals surface area contributed by atoms with Crippen LogP contribution in [0, 0.1) is 0 Å². The molecule has 0 bridgehead atoms. The summed E-state index contributed by atoms with van der Waals surface area (Å²) >= 11 is 0. The van der Waals surface area contributed by atoms with Gasteiger partial charge in [-0.1, -0.05) is 72.8 Å². The number of hydrogen-bond donors (Lipinski definition) is 0. The van der Waals surface area contributed by atoms with Gasteiger partial charge >= 0.3 is 0 Å². The first-order chi connectivity index (χ1) is 11.3. The van der Waals surface area contributed by atoms with E-state index in [1.54, 1.807) is 0 Å². The molecular weight excluding hydrogens is 280 g/mol. The lowest BCUT2D eigenvalue weighted by Gasteiger charge is -2.03. The predicted octanol–water partition coefficient (Wildman–Crippen LogP) is 5.18. The van der Waals surface area contributed by atoms with Crippen LogP contribution < -0.4 is 0 Å². The summed E-state index contributed by atoms with van der Waals surface area (Å²) in [5, 5.41) is 0. The Morgan fingerprint density at radius 1 is 0.739 bits per heavy atom. The van der Waals surface area contributed by atoms with E-state index in [0.717, 1.165) is 28.7 Å². The average molecular weight is 296 g/mol. The zero-order chi connectivity index (χ0) is 15.6. The third kappa shape index (κ3) is 2.62. The lowest BCUT2D eigenvalue weighted by Crippen LogP contribution is -1.95. The maximum absolute atomic E-state index is 12.5. The number of carbonyl (C=O) groups excluding carboxylic acids is 1. The molecule has 1 aliphatic rings. The molecule has 1 heteroatoms. The van der Waals surface area contributed by atoms with Gasteiger partial charge in [0.1, 0.15) is 0 Å². The Bertz CT molecular complexity index is 904. The molecule has 0 spiro atoms. The minimum atomic E-state index is 0.158. The van der Waals surface area contributed by atoms with Gasteiger partial charge in [-0.05, 0) is 34.4 Å². The molecule has 4 rings (SSSR count). The van der Waals surface area contributed by atoms with E-state index in [4.69, 9.17) is 0 Å². The Kier molecular flexibility index (Phi) is 3.39. The van der Waals surface area contributed by atoms with Crippen LogP contribution in [0.25, 0.3) is 17.2 Å². The molecule has 0 heterocycles. The van der Waals surface area contributed by atoms with Gasteiger partial charge in [-0.2, -0.15) is 0 Å².